The molecule has 0 spiro atoms. The monoisotopic (exact) mass is 346 g/mol. The number of hydrogen-bond donors (Lipinski definition) is 0. The van der Waals surface area contributed by atoms with E-state index in [4.69, 9.17) is 4.74 Å². The van der Waals surface area contributed by atoms with Crippen LogP contribution in [0.3, 0.4) is 0 Å². The first-order valence-electron chi connectivity index (χ1n) is 10.7. The highest BCUT2D eigenvalue weighted by atomic mass is 16.6. The van der Waals surface area contributed by atoms with Crippen LogP contribution in [0, 0.1) is 40.9 Å². The smallest absolute Gasteiger partial charge is 0.312 e. The normalized spacial score (nSPS) is 40.5. The summed E-state index contributed by atoms with van der Waals surface area (Å²) in [5, 5.41) is 0. The van der Waals surface area contributed by atoms with E-state index >= 15 is 0 Å². The molecule has 3 fully saturated rings. The highest BCUT2D eigenvalue weighted by molar-refractivity contribution is 5.77. The highest BCUT2D eigenvalue weighted by Gasteiger charge is 2.64. The fraction of sp³-hybridized carbons (Fsp3) is 0.870. The molecular formula is C23H38O2. The number of ether oxygens (including phenoxy) is 1. The lowest BCUT2D eigenvalue weighted by molar-refractivity contribution is -0.243. The quantitative estimate of drug-likeness (QED) is 0.397. The second-order valence-corrected chi connectivity index (χ2v) is 9.67. The summed E-state index contributed by atoms with van der Waals surface area (Å²) in [5.41, 5.74) is -0.592. The van der Waals surface area contributed by atoms with Crippen molar-refractivity contribution in [1.82, 2.24) is 0 Å². The second kappa shape index (κ2) is 6.74. The summed E-state index contributed by atoms with van der Waals surface area (Å²) < 4.78 is 6.49. The number of allylic oxidation sites excluding steroid dienone is 1. The van der Waals surface area contributed by atoms with Gasteiger partial charge in [0.1, 0.15) is 5.60 Å². The predicted octanol–water partition coefficient (Wildman–Crippen LogP) is 6.01. The van der Waals surface area contributed by atoms with Crippen molar-refractivity contribution < 1.29 is 9.53 Å². The average molecular weight is 347 g/mol. The molecule has 0 aliphatic heterocycles. The Kier molecular flexibility index (Phi) is 5.12. The van der Waals surface area contributed by atoms with Crippen molar-refractivity contribution in [3.63, 3.8) is 0 Å². The summed E-state index contributed by atoms with van der Waals surface area (Å²) in [6, 6.07) is 0. The van der Waals surface area contributed by atoms with Gasteiger partial charge in [-0.25, -0.2) is 0 Å². The molecule has 3 aliphatic rings. The van der Waals surface area contributed by atoms with E-state index in [-0.39, 0.29) is 11.6 Å². The first kappa shape index (κ1) is 19.0. The van der Waals surface area contributed by atoms with Crippen molar-refractivity contribution in [3.05, 3.63) is 12.7 Å². The fourth-order valence-electron chi connectivity index (χ4n) is 6.21. The van der Waals surface area contributed by atoms with Gasteiger partial charge in [0.2, 0.25) is 0 Å². The summed E-state index contributed by atoms with van der Waals surface area (Å²) >= 11 is 0. The van der Waals surface area contributed by atoms with E-state index in [0.29, 0.717) is 17.8 Å². The molecule has 0 aromatic rings. The molecule has 25 heavy (non-hydrogen) atoms. The summed E-state index contributed by atoms with van der Waals surface area (Å²) in [7, 11) is 0. The molecule has 3 rings (SSSR count). The van der Waals surface area contributed by atoms with Gasteiger partial charge < -0.3 is 4.74 Å². The number of rotatable bonds is 8. The molecule has 0 aromatic heterocycles. The minimum absolute atomic E-state index is 0.0543. The summed E-state index contributed by atoms with van der Waals surface area (Å²) in [5.74, 6) is 4.09. The topological polar surface area (TPSA) is 26.3 Å². The third-order valence-corrected chi connectivity index (χ3v) is 8.54. The van der Waals surface area contributed by atoms with Gasteiger partial charge >= 0.3 is 5.97 Å². The van der Waals surface area contributed by atoms with Gasteiger partial charge in [0.05, 0.1) is 5.41 Å². The van der Waals surface area contributed by atoms with Crippen LogP contribution in [0.4, 0.5) is 0 Å². The third kappa shape index (κ3) is 2.88. The predicted molar refractivity (Wildman–Crippen MR) is 103 cm³/mol. The highest BCUT2D eigenvalue weighted by Crippen LogP contribution is 2.67. The molecule has 0 radical (unpaired) electrons. The van der Waals surface area contributed by atoms with Gasteiger partial charge in [-0.15, -0.1) is 6.58 Å². The van der Waals surface area contributed by atoms with Crippen molar-refractivity contribution >= 4 is 5.97 Å². The minimum atomic E-state index is -0.413. The van der Waals surface area contributed by atoms with E-state index in [0.717, 1.165) is 43.4 Å². The van der Waals surface area contributed by atoms with Crippen molar-refractivity contribution in [3.8, 4) is 0 Å². The number of esters is 1. The Morgan fingerprint density at radius 2 is 2.04 bits per heavy atom. The maximum absolute atomic E-state index is 13.5. The van der Waals surface area contributed by atoms with Crippen LogP contribution in [0.5, 0.6) is 0 Å². The summed E-state index contributed by atoms with van der Waals surface area (Å²) in [4.78, 5) is 13.5. The van der Waals surface area contributed by atoms with Gasteiger partial charge in [0.25, 0.3) is 0 Å². The van der Waals surface area contributed by atoms with E-state index in [1.807, 2.05) is 6.08 Å². The van der Waals surface area contributed by atoms with Crippen LogP contribution in [-0.2, 0) is 9.53 Å². The van der Waals surface area contributed by atoms with Gasteiger partial charge in [-0.1, -0.05) is 40.2 Å². The van der Waals surface area contributed by atoms with E-state index in [9.17, 15) is 4.79 Å². The largest absolute Gasteiger partial charge is 0.458 e. The van der Waals surface area contributed by atoms with E-state index < -0.39 is 5.41 Å². The maximum atomic E-state index is 13.5. The molecule has 8 unspecified atom stereocenters. The van der Waals surface area contributed by atoms with Crippen molar-refractivity contribution in [2.45, 2.75) is 85.2 Å². The fourth-order valence-corrected chi connectivity index (χ4v) is 6.21. The van der Waals surface area contributed by atoms with Gasteiger partial charge in [-0.05, 0) is 75.0 Å². The molecular weight excluding hydrogens is 308 g/mol. The van der Waals surface area contributed by atoms with Gasteiger partial charge in [0, 0.05) is 5.92 Å². The van der Waals surface area contributed by atoms with Crippen LogP contribution in [0.15, 0.2) is 12.7 Å². The average Bonchev–Trinajstić information content (AvgIpc) is 2.57. The zero-order chi connectivity index (χ0) is 18.4. The van der Waals surface area contributed by atoms with E-state index in [1.54, 1.807) is 0 Å². The Hall–Kier alpha value is -0.790. The Bertz CT molecular complexity index is 526. The molecule has 2 heteroatoms. The van der Waals surface area contributed by atoms with Gasteiger partial charge in [-0.2, -0.15) is 0 Å². The first-order valence-corrected chi connectivity index (χ1v) is 10.7. The minimum Gasteiger partial charge on any atom is -0.458 e. The molecule has 0 heterocycles. The zero-order valence-electron chi connectivity index (χ0n) is 17.0. The Morgan fingerprint density at radius 1 is 1.32 bits per heavy atom. The second-order valence-electron chi connectivity index (χ2n) is 9.67. The first-order chi connectivity index (χ1) is 11.8. The van der Waals surface area contributed by atoms with Crippen LogP contribution in [0.2, 0.25) is 0 Å². The van der Waals surface area contributed by atoms with Crippen LogP contribution in [0.25, 0.3) is 0 Å². The van der Waals surface area contributed by atoms with Crippen LogP contribution in [-0.4, -0.2) is 11.6 Å². The van der Waals surface area contributed by atoms with Crippen molar-refractivity contribution in [2.24, 2.45) is 40.9 Å². The maximum Gasteiger partial charge on any atom is 0.312 e. The van der Waals surface area contributed by atoms with Crippen LogP contribution in [0.1, 0.15) is 79.6 Å². The van der Waals surface area contributed by atoms with Crippen LogP contribution >= 0.6 is 0 Å². The molecule has 0 bridgehead atoms. The molecule has 0 saturated heterocycles. The van der Waals surface area contributed by atoms with E-state index in [2.05, 4.69) is 41.2 Å². The standard InChI is InChI=1S/C23H38O2/c1-7-15(4)14-22(6,16(5)8-2)21(24)25-23(9-3)11-10-17-12-18-13-19(23)20(17)18/h7,15-20H,1,8-14H2,2-6H3. The molecule has 8 atom stereocenters. The number of carbonyl (C=O) groups is 1. The van der Waals surface area contributed by atoms with Crippen molar-refractivity contribution in [2.75, 3.05) is 0 Å². The third-order valence-electron chi connectivity index (χ3n) is 8.54. The lowest BCUT2D eigenvalue weighted by Crippen LogP contribution is -2.65. The molecule has 0 N–H and O–H groups in total. The zero-order valence-corrected chi connectivity index (χ0v) is 17.0. The summed E-state index contributed by atoms with van der Waals surface area (Å²) in [6.07, 6.45) is 9.88. The summed E-state index contributed by atoms with van der Waals surface area (Å²) in [6.45, 7) is 14.8. The van der Waals surface area contributed by atoms with Gasteiger partial charge in [-0.3, -0.25) is 4.79 Å². The molecule has 0 aromatic carbocycles. The number of carbonyl (C=O) groups excluding carboxylic acids is 1. The lowest BCUT2D eigenvalue weighted by atomic mass is 9.40. The molecule has 3 aliphatic carbocycles. The Labute approximate surface area is 154 Å². The molecule has 0 amide bonds. The lowest BCUT2D eigenvalue weighted by Gasteiger charge is -2.67. The number of hydrogen-bond acceptors (Lipinski definition) is 2. The molecule has 3 saturated carbocycles. The van der Waals surface area contributed by atoms with Crippen molar-refractivity contribution in [1.29, 1.82) is 0 Å². The molecule has 2 nitrogen and oxygen atoms in total. The Balaban J connectivity index is 1.78. The molecule has 142 valence electrons. The Morgan fingerprint density at radius 3 is 2.60 bits per heavy atom. The SMILES string of the molecule is C=CC(C)CC(C)(C(=O)OC1(CC)CCC2CC3CC1C23)C(C)CC. The van der Waals surface area contributed by atoms with Crippen LogP contribution < -0.4 is 0 Å². The van der Waals surface area contributed by atoms with Gasteiger partial charge in [0.15, 0.2) is 0 Å². The van der Waals surface area contributed by atoms with E-state index in [1.165, 1.54) is 19.3 Å².